The fourth-order valence-corrected chi connectivity index (χ4v) is 3.63. The maximum absolute atomic E-state index is 12.8. The molecule has 9 heteroatoms. The first-order chi connectivity index (χ1) is 12.7. The van der Waals surface area contributed by atoms with Crippen molar-refractivity contribution in [2.75, 3.05) is 59.5 Å². The van der Waals surface area contributed by atoms with Crippen LogP contribution in [0.25, 0.3) is 0 Å². The minimum absolute atomic E-state index is 0.0133. The summed E-state index contributed by atoms with van der Waals surface area (Å²) in [5.41, 5.74) is 0. The van der Waals surface area contributed by atoms with E-state index >= 15 is 0 Å². The Balaban J connectivity index is 1.38. The highest BCUT2D eigenvalue weighted by Crippen LogP contribution is 2.20. The van der Waals surface area contributed by atoms with Gasteiger partial charge in [-0.2, -0.15) is 5.10 Å². The number of methoxy groups -OCH3 is 1. The molecule has 0 atom stereocenters. The molecule has 0 saturated carbocycles. The van der Waals surface area contributed by atoms with Crippen LogP contribution in [-0.2, 0) is 20.9 Å². The first-order valence-electron chi connectivity index (χ1n) is 9.27. The molecule has 9 nitrogen and oxygen atoms in total. The molecule has 3 heterocycles. The highest BCUT2D eigenvalue weighted by atomic mass is 16.5. The SMILES string of the molecule is COCC(=O)N1CCC(C(=O)N2CCN(CCn3cncn3)CC2)CC1. The minimum Gasteiger partial charge on any atom is -0.375 e. The number of hydrogen-bond acceptors (Lipinski definition) is 6. The van der Waals surface area contributed by atoms with Crippen LogP contribution < -0.4 is 0 Å². The van der Waals surface area contributed by atoms with Crippen molar-refractivity contribution < 1.29 is 14.3 Å². The normalized spacial score (nSPS) is 19.7. The lowest BCUT2D eigenvalue weighted by Gasteiger charge is -2.38. The lowest BCUT2D eigenvalue weighted by atomic mass is 9.95. The molecule has 0 aromatic carbocycles. The van der Waals surface area contributed by atoms with Crippen molar-refractivity contribution in [3.05, 3.63) is 12.7 Å². The van der Waals surface area contributed by atoms with E-state index in [1.807, 2.05) is 9.58 Å². The number of ether oxygens (including phenoxy) is 1. The summed E-state index contributed by atoms with van der Waals surface area (Å²) in [7, 11) is 1.53. The van der Waals surface area contributed by atoms with E-state index in [9.17, 15) is 9.59 Å². The Hall–Kier alpha value is -2.00. The van der Waals surface area contributed by atoms with Gasteiger partial charge >= 0.3 is 0 Å². The average Bonchev–Trinajstić information content (AvgIpc) is 3.20. The lowest BCUT2D eigenvalue weighted by Crippen LogP contribution is -2.52. The van der Waals surface area contributed by atoms with E-state index < -0.39 is 0 Å². The van der Waals surface area contributed by atoms with Crippen LogP contribution in [0, 0.1) is 5.92 Å². The Bertz CT molecular complexity index is 577. The Labute approximate surface area is 153 Å². The van der Waals surface area contributed by atoms with Crippen LogP contribution >= 0.6 is 0 Å². The van der Waals surface area contributed by atoms with Crippen LogP contribution in [0.15, 0.2) is 12.7 Å². The summed E-state index contributed by atoms with van der Waals surface area (Å²) in [6.07, 6.45) is 4.77. The monoisotopic (exact) mass is 364 g/mol. The number of carbonyl (C=O) groups is 2. The van der Waals surface area contributed by atoms with Crippen LogP contribution in [0.4, 0.5) is 0 Å². The van der Waals surface area contributed by atoms with E-state index in [1.165, 1.54) is 7.11 Å². The van der Waals surface area contributed by atoms with Gasteiger partial charge < -0.3 is 14.5 Å². The maximum Gasteiger partial charge on any atom is 0.248 e. The molecule has 0 radical (unpaired) electrons. The number of likely N-dealkylation sites (tertiary alicyclic amines) is 1. The average molecular weight is 364 g/mol. The molecule has 2 amide bonds. The maximum atomic E-state index is 12.8. The van der Waals surface area contributed by atoms with Gasteiger partial charge in [0.15, 0.2) is 0 Å². The van der Waals surface area contributed by atoms with E-state index in [0.29, 0.717) is 13.1 Å². The van der Waals surface area contributed by atoms with Crippen LogP contribution in [0.5, 0.6) is 0 Å². The number of rotatable bonds is 6. The van der Waals surface area contributed by atoms with E-state index in [0.717, 1.165) is 52.1 Å². The van der Waals surface area contributed by atoms with E-state index in [4.69, 9.17) is 4.74 Å². The van der Waals surface area contributed by atoms with E-state index in [2.05, 4.69) is 15.0 Å². The first-order valence-corrected chi connectivity index (χ1v) is 9.27. The van der Waals surface area contributed by atoms with Crippen LogP contribution in [0.1, 0.15) is 12.8 Å². The standard InChI is InChI=1S/C17H28N6O3/c1-26-12-16(24)21-4-2-15(3-5-21)17(25)22-9-6-20(7-10-22)8-11-23-14-18-13-19-23/h13-15H,2-12H2,1H3. The quantitative estimate of drug-likeness (QED) is 0.664. The van der Waals surface area contributed by atoms with Crippen molar-refractivity contribution in [3.63, 3.8) is 0 Å². The molecule has 2 fully saturated rings. The summed E-state index contributed by atoms with van der Waals surface area (Å²) in [6.45, 7) is 6.50. The molecular weight excluding hydrogens is 336 g/mol. The molecule has 0 spiro atoms. The fraction of sp³-hybridized carbons (Fsp3) is 0.765. The zero-order valence-corrected chi connectivity index (χ0v) is 15.4. The number of piperidine rings is 1. The second-order valence-electron chi connectivity index (χ2n) is 6.91. The molecule has 0 bridgehead atoms. The van der Waals surface area contributed by atoms with Gasteiger partial charge in [-0.3, -0.25) is 19.2 Å². The molecule has 26 heavy (non-hydrogen) atoms. The third-order valence-corrected chi connectivity index (χ3v) is 5.26. The lowest BCUT2D eigenvalue weighted by molar-refractivity contribution is -0.143. The van der Waals surface area contributed by atoms with Gasteiger partial charge in [0.2, 0.25) is 11.8 Å². The number of carbonyl (C=O) groups excluding carboxylic acids is 2. The van der Waals surface area contributed by atoms with Crippen LogP contribution in [0.3, 0.4) is 0 Å². The van der Waals surface area contributed by atoms with E-state index in [1.54, 1.807) is 17.6 Å². The van der Waals surface area contributed by atoms with Gasteiger partial charge in [0.1, 0.15) is 19.3 Å². The number of hydrogen-bond donors (Lipinski definition) is 0. The second-order valence-corrected chi connectivity index (χ2v) is 6.91. The molecule has 144 valence electrons. The van der Waals surface area contributed by atoms with Gasteiger partial charge in [-0.25, -0.2) is 4.98 Å². The first kappa shape index (κ1) is 18.8. The van der Waals surface area contributed by atoms with Crippen molar-refractivity contribution in [2.45, 2.75) is 19.4 Å². The summed E-state index contributed by atoms with van der Waals surface area (Å²) >= 11 is 0. The topological polar surface area (TPSA) is 83.8 Å². The van der Waals surface area contributed by atoms with Crippen molar-refractivity contribution >= 4 is 11.8 Å². The predicted molar refractivity (Wildman–Crippen MR) is 94.2 cm³/mol. The van der Waals surface area contributed by atoms with E-state index in [-0.39, 0.29) is 24.3 Å². The number of piperazine rings is 1. The van der Waals surface area contributed by atoms with Crippen molar-refractivity contribution in [1.82, 2.24) is 29.5 Å². The molecular formula is C17H28N6O3. The van der Waals surface area contributed by atoms with Crippen molar-refractivity contribution in [2.24, 2.45) is 5.92 Å². The van der Waals surface area contributed by atoms with Crippen LogP contribution in [-0.4, -0.2) is 101 Å². The molecule has 2 aliphatic rings. The smallest absolute Gasteiger partial charge is 0.248 e. The summed E-state index contributed by atoms with van der Waals surface area (Å²) in [5, 5.41) is 4.11. The highest BCUT2D eigenvalue weighted by Gasteiger charge is 2.31. The summed E-state index contributed by atoms with van der Waals surface area (Å²) < 4.78 is 6.73. The van der Waals surface area contributed by atoms with Crippen molar-refractivity contribution in [1.29, 1.82) is 0 Å². The molecule has 0 N–H and O–H groups in total. The zero-order valence-electron chi connectivity index (χ0n) is 15.4. The molecule has 1 aromatic heterocycles. The van der Waals surface area contributed by atoms with Gasteiger partial charge in [0.05, 0.1) is 6.54 Å². The fourth-order valence-electron chi connectivity index (χ4n) is 3.63. The third-order valence-electron chi connectivity index (χ3n) is 5.26. The highest BCUT2D eigenvalue weighted by molar-refractivity contribution is 5.80. The number of nitrogens with zero attached hydrogens (tertiary/aromatic N) is 6. The van der Waals surface area contributed by atoms with Crippen LogP contribution in [0.2, 0.25) is 0 Å². The largest absolute Gasteiger partial charge is 0.375 e. The van der Waals surface area contributed by atoms with Gasteiger partial charge in [-0.05, 0) is 12.8 Å². The van der Waals surface area contributed by atoms with Gasteiger partial charge in [-0.1, -0.05) is 0 Å². The minimum atomic E-state index is 0.0133. The molecule has 1 aromatic rings. The Kier molecular flexibility index (Phi) is 6.56. The molecule has 2 saturated heterocycles. The molecule has 0 aliphatic carbocycles. The molecule has 0 unspecified atom stereocenters. The predicted octanol–water partition coefficient (Wildman–Crippen LogP) is -0.693. The Morgan fingerprint density at radius 2 is 1.77 bits per heavy atom. The number of amides is 2. The van der Waals surface area contributed by atoms with Crippen molar-refractivity contribution in [3.8, 4) is 0 Å². The zero-order chi connectivity index (χ0) is 18.4. The molecule has 3 rings (SSSR count). The Morgan fingerprint density at radius 1 is 1.04 bits per heavy atom. The summed E-state index contributed by atoms with van der Waals surface area (Å²) in [5.74, 6) is 0.308. The summed E-state index contributed by atoms with van der Waals surface area (Å²) in [6, 6.07) is 0. The second kappa shape index (κ2) is 9.09. The number of aromatic nitrogens is 3. The third kappa shape index (κ3) is 4.79. The molecule has 2 aliphatic heterocycles. The summed E-state index contributed by atoms with van der Waals surface area (Å²) in [4.78, 5) is 34.7. The Morgan fingerprint density at radius 3 is 2.38 bits per heavy atom. The van der Waals surface area contributed by atoms with Gasteiger partial charge in [0, 0.05) is 58.8 Å². The van der Waals surface area contributed by atoms with Gasteiger partial charge in [-0.15, -0.1) is 0 Å². The van der Waals surface area contributed by atoms with Gasteiger partial charge in [0.25, 0.3) is 0 Å².